The summed E-state index contributed by atoms with van der Waals surface area (Å²) in [5.41, 5.74) is 0.878. The maximum absolute atomic E-state index is 10.9. The van der Waals surface area contributed by atoms with Crippen molar-refractivity contribution in [3.05, 3.63) is 38.9 Å². The molecular weight excluding hydrogens is 280 g/mol. The molecule has 1 aromatic carbocycles. The summed E-state index contributed by atoms with van der Waals surface area (Å²) in [6, 6.07) is 4.99. The van der Waals surface area contributed by atoms with Gasteiger partial charge in [0.25, 0.3) is 5.69 Å². The number of nitrogens with zero attached hydrogens (tertiary/aromatic N) is 2. The fourth-order valence-electron chi connectivity index (χ4n) is 2.60. The average Bonchev–Trinajstić information content (AvgIpc) is 2.42. The number of piperidine rings is 1. The second-order valence-corrected chi connectivity index (χ2v) is 5.73. The van der Waals surface area contributed by atoms with Crippen LogP contribution < -0.4 is 0 Å². The van der Waals surface area contributed by atoms with Crippen LogP contribution in [0.2, 0.25) is 5.02 Å². The van der Waals surface area contributed by atoms with Crippen molar-refractivity contribution < 1.29 is 9.66 Å². The van der Waals surface area contributed by atoms with Crippen LogP contribution in [-0.4, -0.2) is 36.1 Å². The first-order valence-corrected chi connectivity index (χ1v) is 7.07. The number of hydrogen-bond acceptors (Lipinski definition) is 4. The Morgan fingerprint density at radius 2 is 2.30 bits per heavy atom. The van der Waals surface area contributed by atoms with E-state index in [1.54, 1.807) is 19.2 Å². The van der Waals surface area contributed by atoms with E-state index in [1.807, 2.05) is 6.07 Å². The molecular formula is C14H19ClN2O3. The Morgan fingerprint density at radius 1 is 1.55 bits per heavy atom. The van der Waals surface area contributed by atoms with Gasteiger partial charge in [-0.2, -0.15) is 0 Å². The van der Waals surface area contributed by atoms with Crippen molar-refractivity contribution in [2.45, 2.75) is 26.0 Å². The van der Waals surface area contributed by atoms with Crippen LogP contribution in [0.15, 0.2) is 18.2 Å². The minimum absolute atomic E-state index is 0.0298. The molecule has 0 radical (unpaired) electrons. The van der Waals surface area contributed by atoms with E-state index in [4.69, 9.17) is 16.3 Å². The normalized spacial score (nSPS) is 23.8. The van der Waals surface area contributed by atoms with Gasteiger partial charge >= 0.3 is 0 Å². The molecule has 0 N–H and O–H groups in total. The van der Waals surface area contributed by atoms with E-state index < -0.39 is 4.92 Å². The minimum atomic E-state index is -0.442. The highest BCUT2D eigenvalue weighted by atomic mass is 35.5. The molecule has 0 aromatic heterocycles. The summed E-state index contributed by atoms with van der Waals surface area (Å²) in [6.07, 6.45) is 1.31. The minimum Gasteiger partial charge on any atom is -0.380 e. The standard InChI is InChI=1S/C14H19ClN2O3/c1-10-5-6-16(9-14(10)20-2)8-11-3-4-12(15)13(7-11)17(18)19/h3-4,7,10,14H,5-6,8-9H2,1-2H3. The van der Waals surface area contributed by atoms with Crippen LogP contribution in [0, 0.1) is 16.0 Å². The van der Waals surface area contributed by atoms with Gasteiger partial charge in [0.2, 0.25) is 0 Å². The van der Waals surface area contributed by atoms with Crippen LogP contribution in [0.5, 0.6) is 0 Å². The third-order valence-electron chi connectivity index (χ3n) is 3.89. The predicted molar refractivity (Wildman–Crippen MR) is 78.0 cm³/mol. The number of nitro benzene ring substituents is 1. The van der Waals surface area contributed by atoms with Gasteiger partial charge in [0.15, 0.2) is 0 Å². The summed E-state index contributed by atoms with van der Waals surface area (Å²) < 4.78 is 5.48. The number of halogens is 1. The van der Waals surface area contributed by atoms with Gasteiger partial charge in [-0.15, -0.1) is 0 Å². The van der Waals surface area contributed by atoms with E-state index in [0.29, 0.717) is 12.5 Å². The van der Waals surface area contributed by atoms with Crippen LogP contribution in [0.1, 0.15) is 18.9 Å². The van der Waals surface area contributed by atoms with E-state index in [0.717, 1.165) is 25.1 Å². The monoisotopic (exact) mass is 298 g/mol. The van der Waals surface area contributed by atoms with Crippen molar-refractivity contribution in [3.8, 4) is 0 Å². The third kappa shape index (κ3) is 3.48. The number of methoxy groups -OCH3 is 1. The van der Waals surface area contributed by atoms with E-state index in [2.05, 4.69) is 11.8 Å². The summed E-state index contributed by atoms with van der Waals surface area (Å²) in [7, 11) is 1.73. The van der Waals surface area contributed by atoms with Crippen LogP contribution in [0.3, 0.4) is 0 Å². The number of hydrogen-bond donors (Lipinski definition) is 0. The van der Waals surface area contributed by atoms with Crippen LogP contribution >= 0.6 is 11.6 Å². The molecule has 20 heavy (non-hydrogen) atoms. The molecule has 1 aromatic rings. The molecule has 6 heteroatoms. The van der Waals surface area contributed by atoms with Crippen LogP contribution in [-0.2, 0) is 11.3 Å². The van der Waals surface area contributed by atoms with Gasteiger partial charge in [-0.25, -0.2) is 0 Å². The molecule has 1 saturated heterocycles. The molecule has 1 aliphatic rings. The average molecular weight is 299 g/mol. The van der Waals surface area contributed by atoms with Gasteiger partial charge in [0.1, 0.15) is 5.02 Å². The molecule has 1 fully saturated rings. The smallest absolute Gasteiger partial charge is 0.288 e. The molecule has 2 unspecified atom stereocenters. The number of rotatable bonds is 4. The van der Waals surface area contributed by atoms with Crippen molar-refractivity contribution in [2.24, 2.45) is 5.92 Å². The van der Waals surface area contributed by atoms with Crippen molar-refractivity contribution in [2.75, 3.05) is 20.2 Å². The highest BCUT2D eigenvalue weighted by Gasteiger charge is 2.26. The Kier molecular flexibility index (Phi) is 4.96. The van der Waals surface area contributed by atoms with E-state index in [1.165, 1.54) is 0 Å². The van der Waals surface area contributed by atoms with Gasteiger partial charge in [-0.1, -0.05) is 24.6 Å². The Labute approximate surface area is 123 Å². The molecule has 110 valence electrons. The molecule has 0 spiro atoms. The molecule has 1 aliphatic heterocycles. The Morgan fingerprint density at radius 3 is 2.95 bits per heavy atom. The first kappa shape index (κ1) is 15.2. The molecule has 0 saturated carbocycles. The summed E-state index contributed by atoms with van der Waals surface area (Å²) in [4.78, 5) is 12.7. The zero-order chi connectivity index (χ0) is 14.7. The Balaban J connectivity index is 2.07. The summed E-state index contributed by atoms with van der Waals surface area (Å²) in [6.45, 7) is 4.72. The van der Waals surface area contributed by atoms with E-state index in [-0.39, 0.29) is 16.8 Å². The Bertz CT molecular complexity index is 495. The fraction of sp³-hybridized carbons (Fsp3) is 0.571. The van der Waals surface area contributed by atoms with Crippen LogP contribution in [0.25, 0.3) is 0 Å². The number of nitro groups is 1. The molecule has 2 atom stereocenters. The maximum Gasteiger partial charge on any atom is 0.288 e. The molecule has 1 heterocycles. The topological polar surface area (TPSA) is 55.6 Å². The SMILES string of the molecule is COC1CN(Cc2ccc(Cl)c([N+](=O)[O-])c2)CCC1C. The van der Waals surface area contributed by atoms with Gasteiger partial charge in [0.05, 0.1) is 11.0 Å². The quantitative estimate of drug-likeness (QED) is 0.633. The zero-order valence-electron chi connectivity index (χ0n) is 11.7. The van der Waals surface area contributed by atoms with Crippen molar-refractivity contribution in [1.82, 2.24) is 4.90 Å². The zero-order valence-corrected chi connectivity index (χ0v) is 12.5. The second-order valence-electron chi connectivity index (χ2n) is 5.32. The molecule has 5 nitrogen and oxygen atoms in total. The van der Waals surface area contributed by atoms with Crippen molar-refractivity contribution in [1.29, 1.82) is 0 Å². The first-order chi connectivity index (χ1) is 9.51. The lowest BCUT2D eigenvalue weighted by Crippen LogP contribution is -2.43. The fourth-order valence-corrected chi connectivity index (χ4v) is 2.79. The number of ether oxygens (including phenoxy) is 1. The maximum atomic E-state index is 10.9. The highest BCUT2D eigenvalue weighted by molar-refractivity contribution is 6.32. The number of likely N-dealkylation sites (tertiary alicyclic amines) is 1. The molecule has 2 rings (SSSR count). The lowest BCUT2D eigenvalue weighted by atomic mass is 9.95. The second kappa shape index (κ2) is 6.52. The van der Waals surface area contributed by atoms with Gasteiger partial charge in [-0.05, 0) is 30.5 Å². The summed E-state index contributed by atoms with van der Waals surface area (Å²) in [5.74, 6) is 0.552. The van der Waals surface area contributed by atoms with E-state index >= 15 is 0 Å². The van der Waals surface area contributed by atoms with Crippen molar-refractivity contribution >= 4 is 17.3 Å². The summed E-state index contributed by atoms with van der Waals surface area (Å²) >= 11 is 5.82. The van der Waals surface area contributed by atoms with Crippen molar-refractivity contribution in [3.63, 3.8) is 0 Å². The molecule has 0 amide bonds. The first-order valence-electron chi connectivity index (χ1n) is 6.69. The molecule has 0 bridgehead atoms. The number of benzene rings is 1. The van der Waals surface area contributed by atoms with Crippen LogP contribution in [0.4, 0.5) is 5.69 Å². The van der Waals surface area contributed by atoms with Gasteiger partial charge in [-0.3, -0.25) is 15.0 Å². The van der Waals surface area contributed by atoms with E-state index in [9.17, 15) is 10.1 Å². The predicted octanol–water partition coefficient (Wildman–Crippen LogP) is 3.11. The third-order valence-corrected chi connectivity index (χ3v) is 4.21. The van der Waals surface area contributed by atoms with Gasteiger partial charge < -0.3 is 4.74 Å². The highest BCUT2D eigenvalue weighted by Crippen LogP contribution is 2.27. The van der Waals surface area contributed by atoms with Gasteiger partial charge in [0, 0.05) is 26.3 Å². The lowest BCUT2D eigenvalue weighted by molar-refractivity contribution is -0.384. The Hall–Kier alpha value is -1.17. The summed E-state index contributed by atoms with van der Waals surface area (Å²) in [5, 5.41) is 11.1. The molecule has 0 aliphatic carbocycles. The largest absolute Gasteiger partial charge is 0.380 e. The lowest BCUT2D eigenvalue weighted by Gasteiger charge is -2.36.